The zero-order chi connectivity index (χ0) is 17.4. The van der Waals surface area contributed by atoms with E-state index in [0.29, 0.717) is 37.0 Å². The summed E-state index contributed by atoms with van der Waals surface area (Å²) in [7, 11) is 0. The molecule has 0 bridgehead atoms. The van der Waals surface area contributed by atoms with Crippen LogP contribution in [0.5, 0.6) is 5.75 Å². The predicted octanol–water partition coefficient (Wildman–Crippen LogP) is 3.69. The molecule has 4 heteroatoms. The van der Waals surface area contributed by atoms with Crippen LogP contribution in [0.15, 0.2) is 30.4 Å². The molecular weight excluding hydrogens is 304 g/mol. The molecule has 0 spiro atoms. The van der Waals surface area contributed by atoms with Crippen LogP contribution in [0.2, 0.25) is 0 Å². The summed E-state index contributed by atoms with van der Waals surface area (Å²) in [6.07, 6.45) is 6.70. The monoisotopic (exact) mass is 330 g/mol. The summed E-state index contributed by atoms with van der Waals surface area (Å²) in [5, 5.41) is 21.9. The van der Waals surface area contributed by atoms with E-state index in [-0.39, 0.29) is 0 Å². The molecule has 4 nitrogen and oxygen atoms in total. The predicted molar refractivity (Wildman–Crippen MR) is 91.6 cm³/mol. The van der Waals surface area contributed by atoms with E-state index in [0.717, 1.165) is 36.8 Å². The van der Waals surface area contributed by atoms with Crippen LogP contribution in [-0.2, 0) is 16.0 Å². The third-order valence-corrected chi connectivity index (χ3v) is 5.40. The maximum absolute atomic E-state index is 11.9. The van der Waals surface area contributed by atoms with Gasteiger partial charge in [0, 0.05) is 5.57 Å². The fourth-order valence-corrected chi connectivity index (χ4v) is 3.89. The van der Waals surface area contributed by atoms with Crippen LogP contribution in [-0.4, -0.2) is 16.2 Å². The zero-order valence-electron chi connectivity index (χ0n) is 14.3. The average molecular weight is 330 g/mol. The lowest BCUT2D eigenvalue weighted by Crippen LogP contribution is -2.25. The zero-order valence-corrected chi connectivity index (χ0v) is 14.3. The first-order chi connectivity index (χ1) is 11.3. The van der Waals surface area contributed by atoms with E-state index in [1.807, 2.05) is 6.07 Å². The highest BCUT2D eigenvalue weighted by molar-refractivity contribution is 5.88. The maximum Gasteiger partial charge on any atom is 0.338 e. The summed E-state index contributed by atoms with van der Waals surface area (Å²) in [4.78, 5) is 11.9. The van der Waals surface area contributed by atoms with Gasteiger partial charge in [-0.15, -0.1) is 0 Å². The second kappa shape index (κ2) is 6.34. The molecule has 2 aliphatic carbocycles. The van der Waals surface area contributed by atoms with E-state index in [4.69, 9.17) is 4.74 Å². The molecule has 2 aliphatic rings. The van der Waals surface area contributed by atoms with Crippen LogP contribution in [0.25, 0.3) is 0 Å². The molecule has 0 amide bonds. The third kappa shape index (κ3) is 3.26. The van der Waals surface area contributed by atoms with Gasteiger partial charge in [0.2, 0.25) is 0 Å². The van der Waals surface area contributed by atoms with Crippen molar-refractivity contribution in [3.05, 3.63) is 41.5 Å². The third-order valence-electron chi connectivity index (χ3n) is 5.40. The van der Waals surface area contributed by atoms with Gasteiger partial charge in [0.25, 0.3) is 0 Å². The van der Waals surface area contributed by atoms with Gasteiger partial charge in [-0.25, -0.2) is 4.79 Å². The standard InChI is InChI=1S/C20H26O4/c1-14(2)18(21)24-17-12-15(19(22)7-3-4-8-19)11-16(13-17)20(23)9-5-6-10-20/h11-13,22-23H,1,3-10H2,2H3. The van der Waals surface area contributed by atoms with E-state index in [2.05, 4.69) is 6.58 Å². The van der Waals surface area contributed by atoms with Crippen LogP contribution >= 0.6 is 0 Å². The minimum absolute atomic E-state index is 0.320. The first kappa shape index (κ1) is 17.2. The van der Waals surface area contributed by atoms with Crippen molar-refractivity contribution in [2.45, 2.75) is 69.5 Å². The molecule has 0 radical (unpaired) electrons. The smallest absolute Gasteiger partial charge is 0.338 e. The van der Waals surface area contributed by atoms with Crippen molar-refractivity contribution >= 4 is 5.97 Å². The summed E-state index contributed by atoms with van der Waals surface area (Å²) < 4.78 is 5.41. The molecule has 0 aromatic heterocycles. The van der Waals surface area contributed by atoms with Crippen molar-refractivity contribution in [2.75, 3.05) is 0 Å². The highest BCUT2D eigenvalue weighted by Gasteiger charge is 2.38. The van der Waals surface area contributed by atoms with Crippen LogP contribution in [0.4, 0.5) is 0 Å². The number of ether oxygens (including phenoxy) is 1. The number of hydrogen-bond donors (Lipinski definition) is 2. The van der Waals surface area contributed by atoms with Gasteiger partial charge >= 0.3 is 5.97 Å². The van der Waals surface area contributed by atoms with Crippen molar-refractivity contribution in [3.8, 4) is 5.75 Å². The van der Waals surface area contributed by atoms with Gasteiger partial charge in [0.05, 0.1) is 11.2 Å². The first-order valence-electron chi connectivity index (χ1n) is 8.81. The normalized spacial score (nSPS) is 21.6. The van der Waals surface area contributed by atoms with E-state index in [9.17, 15) is 15.0 Å². The SMILES string of the molecule is C=C(C)C(=O)Oc1cc(C2(O)CCCC2)cc(C2(O)CCCC2)c1. The average Bonchev–Trinajstić information content (AvgIpc) is 3.17. The molecular formula is C20H26O4. The number of rotatable bonds is 4. The highest BCUT2D eigenvalue weighted by Crippen LogP contribution is 2.44. The Balaban J connectivity index is 2.02. The van der Waals surface area contributed by atoms with Crippen LogP contribution in [0.1, 0.15) is 69.4 Å². The summed E-state index contributed by atoms with van der Waals surface area (Å²) in [5.41, 5.74) is 0.0100. The first-order valence-corrected chi connectivity index (χ1v) is 8.81. The molecule has 1 aromatic rings. The Kier molecular flexibility index (Phi) is 4.54. The number of benzene rings is 1. The molecule has 2 N–H and O–H groups in total. The lowest BCUT2D eigenvalue weighted by Gasteiger charge is -2.28. The Morgan fingerprint density at radius 2 is 1.38 bits per heavy atom. The summed E-state index contributed by atoms with van der Waals surface area (Å²) in [6.45, 7) is 5.20. The molecule has 0 atom stereocenters. The lowest BCUT2D eigenvalue weighted by atomic mass is 9.85. The van der Waals surface area contributed by atoms with Crippen molar-refractivity contribution in [1.82, 2.24) is 0 Å². The minimum atomic E-state index is -0.893. The Morgan fingerprint density at radius 1 is 0.958 bits per heavy atom. The lowest BCUT2D eigenvalue weighted by molar-refractivity contribution is -0.130. The Morgan fingerprint density at radius 3 is 1.75 bits per heavy atom. The fraction of sp³-hybridized carbons (Fsp3) is 0.550. The summed E-state index contributed by atoms with van der Waals surface area (Å²) in [5.74, 6) is -0.119. The van der Waals surface area contributed by atoms with Crippen molar-refractivity contribution in [3.63, 3.8) is 0 Å². The van der Waals surface area contributed by atoms with E-state index in [1.165, 1.54) is 0 Å². The highest BCUT2D eigenvalue weighted by atomic mass is 16.5. The molecule has 130 valence electrons. The topological polar surface area (TPSA) is 66.8 Å². The number of esters is 1. The molecule has 3 rings (SSSR count). The molecule has 2 saturated carbocycles. The molecule has 0 aliphatic heterocycles. The van der Waals surface area contributed by atoms with E-state index < -0.39 is 17.2 Å². The minimum Gasteiger partial charge on any atom is -0.423 e. The maximum atomic E-state index is 11.9. The van der Waals surface area contributed by atoms with Crippen molar-refractivity contribution in [1.29, 1.82) is 0 Å². The van der Waals surface area contributed by atoms with E-state index >= 15 is 0 Å². The van der Waals surface area contributed by atoms with Crippen LogP contribution < -0.4 is 4.74 Å². The molecule has 0 unspecified atom stereocenters. The number of hydrogen-bond acceptors (Lipinski definition) is 4. The summed E-state index contributed by atoms with van der Waals surface area (Å²) in [6, 6.07) is 5.36. The van der Waals surface area contributed by atoms with Gasteiger partial charge in [0.1, 0.15) is 5.75 Å². The molecule has 24 heavy (non-hydrogen) atoms. The van der Waals surface area contributed by atoms with Crippen molar-refractivity contribution < 1.29 is 19.7 Å². The second-order valence-corrected chi connectivity index (χ2v) is 7.39. The second-order valence-electron chi connectivity index (χ2n) is 7.39. The molecule has 2 fully saturated rings. The van der Waals surface area contributed by atoms with Gasteiger partial charge in [-0.3, -0.25) is 0 Å². The number of carbonyl (C=O) groups excluding carboxylic acids is 1. The van der Waals surface area contributed by atoms with Gasteiger partial charge in [-0.05, 0) is 61.9 Å². The summed E-state index contributed by atoms with van der Waals surface area (Å²) >= 11 is 0. The molecule has 0 heterocycles. The van der Waals surface area contributed by atoms with Gasteiger partial charge < -0.3 is 14.9 Å². The van der Waals surface area contributed by atoms with Gasteiger partial charge in [0.15, 0.2) is 0 Å². The Bertz CT molecular complexity index is 609. The number of aliphatic hydroxyl groups is 2. The molecule has 0 saturated heterocycles. The Hall–Kier alpha value is -1.65. The van der Waals surface area contributed by atoms with Gasteiger partial charge in [-0.2, -0.15) is 0 Å². The van der Waals surface area contributed by atoms with Crippen molar-refractivity contribution in [2.24, 2.45) is 0 Å². The van der Waals surface area contributed by atoms with Crippen LogP contribution in [0, 0.1) is 0 Å². The fourth-order valence-electron chi connectivity index (χ4n) is 3.89. The van der Waals surface area contributed by atoms with E-state index in [1.54, 1.807) is 19.1 Å². The largest absolute Gasteiger partial charge is 0.423 e. The van der Waals surface area contributed by atoms with Gasteiger partial charge in [-0.1, -0.05) is 32.3 Å². The Labute approximate surface area is 143 Å². The number of carbonyl (C=O) groups is 1. The quantitative estimate of drug-likeness (QED) is 0.502. The molecule has 1 aromatic carbocycles. The van der Waals surface area contributed by atoms with Crippen LogP contribution in [0.3, 0.4) is 0 Å².